The molecule has 0 spiro atoms. The first-order valence-corrected chi connectivity index (χ1v) is 14.6. The van der Waals surface area contributed by atoms with Gasteiger partial charge >= 0.3 is 0 Å². The lowest BCUT2D eigenvalue weighted by atomic mass is 9.78. The number of carbonyl (C=O) groups is 1. The molecule has 1 fully saturated rings. The third kappa shape index (κ3) is 5.20. The highest BCUT2D eigenvalue weighted by Gasteiger charge is 2.48. The van der Waals surface area contributed by atoms with Crippen molar-refractivity contribution >= 4 is 22.0 Å². The highest BCUT2D eigenvalue weighted by Crippen LogP contribution is 2.41. The Bertz CT molecular complexity index is 1350. The van der Waals surface area contributed by atoms with Crippen molar-refractivity contribution in [2.24, 2.45) is 16.3 Å². The van der Waals surface area contributed by atoms with Crippen LogP contribution in [0.5, 0.6) is 11.5 Å². The fourth-order valence-electron chi connectivity index (χ4n) is 5.66. The smallest absolute Gasteiger partial charge is 0.224 e. The Kier molecular flexibility index (Phi) is 8.48. The summed E-state index contributed by atoms with van der Waals surface area (Å²) in [5, 5.41) is 5.95. The SMILES string of the molecule is C=CC(c1ccccc1CN)S(=O)(=O)N1CCC(N2N=C(c3ccc(OC)c(OC)c3)C(C)(C)C2C=O)CC1. The highest BCUT2D eigenvalue weighted by atomic mass is 32.2. The van der Waals surface area contributed by atoms with Crippen LogP contribution >= 0.6 is 0 Å². The topological polar surface area (TPSA) is 115 Å². The molecule has 0 radical (unpaired) electrons. The van der Waals surface area contributed by atoms with Gasteiger partial charge in [0.1, 0.15) is 17.6 Å². The molecule has 4 rings (SSSR count). The van der Waals surface area contributed by atoms with Gasteiger partial charge in [0, 0.05) is 30.6 Å². The molecule has 10 heteroatoms. The Morgan fingerprint density at radius 1 is 1.13 bits per heavy atom. The first-order chi connectivity index (χ1) is 18.6. The highest BCUT2D eigenvalue weighted by molar-refractivity contribution is 7.89. The van der Waals surface area contributed by atoms with Crippen LogP contribution in [0.15, 0.2) is 60.2 Å². The molecule has 2 aromatic rings. The molecule has 0 saturated carbocycles. The lowest BCUT2D eigenvalue weighted by Crippen LogP contribution is -2.50. The third-order valence-electron chi connectivity index (χ3n) is 7.91. The molecule has 2 atom stereocenters. The predicted octanol–water partition coefficient (Wildman–Crippen LogP) is 3.50. The van der Waals surface area contributed by atoms with Gasteiger partial charge in [0.05, 0.1) is 26.0 Å². The molecule has 2 aliphatic heterocycles. The maximum Gasteiger partial charge on any atom is 0.224 e. The van der Waals surface area contributed by atoms with Crippen molar-refractivity contribution in [2.75, 3.05) is 27.3 Å². The Morgan fingerprint density at radius 2 is 1.79 bits per heavy atom. The number of hydrazone groups is 1. The number of hydrogen-bond donors (Lipinski definition) is 1. The molecule has 2 N–H and O–H groups in total. The van der Waals surface area contributed by atoms with E-state index >= 15 is 0 Å². The molecular formula is C29H38N4O5S. The van der Waals surface area contributed by atoms with Crippen LogP contribution in [-0.4, -0.2) is 69.1 Å². The first-order valence-electron chi connectivity index (χ1n) is 13.1. The molecule has 1 saturated heterocycles. The average molecular weight is 555 g/mol. The Morgan fingerprint density at radius 3 is 2.38 bits per heavy atom. The summed E-state index contributed by atoms with van der Waals surface area (Å²) in [6.07, 6.45) is 3.51. The largest absolute Gasteiger partial charge is 0.493 e. The van der Waals surface area contributed by atoms with Crippen LogP contribution in [-0.2, 0) is 21.4 Å². The minimum Gasteiger partial charge on any atom is -0.493 e. The van der Waals surface area contributed by atoms with Crippen molar-refractivity contribution in [2.45, 2.75) is 50.6 Å². The first kappa shape index (κ1) is 28.8. The molecule has 0 bridgehead atoms. The van der Waals surface area contributed by atoms with Gasteiger partial charge in [-0.25, -0.2) is 12.7 Å². The zero-order valence-corrected chi connectivity index (χ0v) is 23.9. The normalized spacial score (nSPS) is 20.8. The number of hydrogen-bond acceptors (Lipinski definition) is 8. The molecule has 0 amide bonds. The van der Waals surface area contributed by atoms with Crippen molar-refractivity contribution < 1.29 is 22.7 Å². The predicted molar refractivity (Wildman–Crippen MR) is 152 cm³/mol. The number of nitrogens with two attached hydrogens (primary N) is 1. The van der Waals surface area contributed by atoms with E-state index in [0.717, 1.165) is 23.1 Å². The standard InChI is InChI=1S/C29H38N4O5S/c1-6-26(23-10-8-7-9-21(23)18-30)39(35,36)32-15-13-22(14-16-32)33-27(19-34)29(2,3)28(31-33)20-11-12-24(37-4)25(17-20)38-5/h6-12,17,19,22,26-27H,1,13-16,18,30H2,2-5H3. The van der Waals surface area contributed by atoms with E-state index in [-0.39, 0.29) is 12.6 Å². The number of carbonyl (C=O) groups excluding carboxylic acids is 1. The fourth-order valence-corrected chi connectivity index (χ4v) is 7.50. The van der Waals surface area contributed by atoms with Gasteiger partial charge in [0.25, 0.3) is 0 Å². The van der Waals surface area contributed by atoms with Crippen LogP contribution in [0.3, 0.4) is 0 Å². The molecule has 2 heterocycles. The molecule has 2 aromatic carbocycles. The second-order valence-corrected chi connectivity index (χ2v) is 12.5. The van der Waals surface area contributed by atoms with E-state index in [1.807, 2.05) is 55.3 Å². The number of ether oxygens (including phenoxy) is 2. The van der Waals surface area contributed by atoms with E-state index in [4.69, 9.17) is 20.3 Å². The maximum absolute atomic E-state index is 13.7. The van der Waals surface area contributed by atoms with Gasteiger partial charge in [-0.15, -0.1) is 6.58 Å². The summed E-state index contributed by atoms with van der Waals surface area (Å²) in [4.78, 5) is 12.4. The molecule has 210 valence electrons. The zero-order chi connectivity index (χ0) is 28.4. The summed E-state index contributed by atoms with van der Waals surface area (Å²) in [6.45, 7) is 8.73. The zero-order valence-electron chi connectivity index (χ0n) is 23.0. The second-order valence-electron chi connectivity index (χ2n) is 10.4. The summed E-state index contributed by atoms with van der Waals surface area (Å²) in [6, 6.07) is 12.4. The number of piperidine rings is 1. The average Bonchev–Trinajstić information content (AvgIpc) is 3.22. The molecule has 0 aliphatic carbocycles. The van der Waals surface area contributed by atoms with Crippen molar-refractivity contribution in [3.05, 3.63) is 71.8 Å². The monoisotopic (exact) mass is 554 g/mol. The number of aldehydes is 1. The second kappa shape index (κ2) is 11.5. The van der Waals surface area contributed by atoms with Gasteiger partial charge in [-0.1, -0.05) is 44.2 Å². The number of benzene rings is 2. The number of sulfonamides is 1. The van der Waals surface area contributed by atoms with Gasteiger partial charge < -0.3 is 20.0 Å². The number of nitrogens with zero attached hydrogens (tertiary/aromatic N) is 3. The van der Waals surface area contributed by atoms with Crippen molar-refractivity contribution in [1.82, 2.24) is 9.31 Å². The van der Waals surface area contributed by atoms with E-state index in [0.29, 0.717) is 43.0 Å². The van der Waals surface area contributed by atoms with Crippen LogP contribution in [0.4, 0.5) is 0 Å². The summed E-state index contributed by atoms with van der Waals surface area (Å²) in [5.41, 5.74) is 8.38. The fraction of sp³-hybridized carbons (Fsp3) is 0.448. The Balaban J connectivity index is 1.57. The Labute approximate surface area is 231 Å². The molecule has 9 nitrogen and oxygen atoms in total. The minimum atomic E-state index is -3.71. The van der Waals surface area contributed by atoms with Gasteiger partial charge in [-0.2, -0.15) is 5.10 Å². The number of rotatable bonds is 10. The van der Waals surface area contributed by atoms with Crippen LogP contribution in [0, 0.1) is 5.41 Å². The summed E-state index contributed by atoms with van der Waals surface area (Å²) < 4.78 is 39.7. The van der Waals surface area contributed by atoms with E-state index in [9.17, 15) is 13.2 Å². The summed E-state index contributed by atoms with van der Waals surface area (Å²) >= 11 is 0. The molecule has 39 heavy (non-hydrogen) atoms. The Hall–Kier alpha value is -3.21. The van der Waals surface area contributed by atoms with Crippen LogP contribution in [0.2, 0.25) is 0 Å². The summed E-state index contributed by atoms with van der Waals surface area (Å²) in [5.74, 6) is 1.20. The lowest BCUT2D eigenvalue weighted by Gasteiger charge is -2.39. The van der Waals surface area contributed by atoms with Gasteiger partial charge in [0.15, 0.2) is 11.5 Å². The lowest BCUT2D eigenvalue weighted by molar-refractivity contribution is -0.115. The van der Waals surface area contributed by atoms with E-state index in [1.54, 1.807) is 20.3 Å². The third-order valence-corrected chi connectivity index (χ3v) is 10.1. The quantitative estimate of drug-likeness (QED) is 0.353. The van der Waals surface area contributed by atoms with E-state index in [2.05, 4.69) is 6.58 Å². The van der Waals surface area contributed by atoms with E-state index < -0.39 is 26.7 Å². The van der Waals surface area contributed by atoms with Gasteiger partial charge in [-0.05, 0) is 42.2 Å². The van der Waals surface area contributed by atoms with Crippen LogP contribution < -0.4 is 15.2 Å². The molecular weight excluding hydrogens is 516 g/mol. The molecule has 2 aliphatic rings. The van der Waals surface area contributed by atoms with Crippen molar-refractivity contribution in [3.63, 3.8) is 0 Å². The van der Waals surface area contributed by atoms with Gasteiger partial charge in [0.2, 0.25) is 10.0 Å². The van der Waals surface area contributed by atoms with Crippen LogP contribution in [0.25, 0.3) is 0 Å². The van der Waals surface area contributed by atoms with Crippen molar-refractivity contribution in [1.29, 1.82) is 0 Å². The van der Waals surface area contributed by atoms with Gasteiger partial charge in [-0.3, -0.25) is 5.01 Å². The maximum atomic E-state index is 13.7. The number of methoxy groups -OCH3 is 2. The summed E-state index contributed by atoms with van der Waals surface area (Å²) in [7, 11) is -0.543. The minimum absolute atomic E-state index is 0.0814. The molecule has 2 unspecified atom stereocenters. The van der Waals surface area contributed by atoms with E-state index in [1.165, 1.54) is 10.4 Å². The molecule has 0 aromatic heterocycles. The van der Waals surface area contributed by atoms with Crippen LogP contribution in [0.1, 0.15) is 48.6 Å². The van der Waals surface area contributed by atoms with Crippen molar-refractivity contribution in [3.8, 4) is 11.5 Å².